The molecule has 1 amide bonds. The largest absolute Gasteiger partial charge is 0.868 e. The van der Waals surface area contributed by atoms with E-state index in [2.05, 4.69) is 0 Å². The third-order valence-electron chi connectivity index (χ3n) is 3.94. The average Bonchev–Trinajstić information content (AvgIpc) is 3.27. The number of nitrogens with zero attached hydrogens (tertiary/aromatic N) is 1. The van der Waals surface area contributed by atoms with Gasteiger partial charge < -0.3 is 23.7 Å². The van der Waals surface area contributed by atoms with Gasteiger partial charge in [0.15, 0.2) is 5.76 Å². The third kappa shape index (κ3) is 2.74. The molecule has 7 nitrogen and oxygen atoms in total. The molecule has 24 heavy (non-hydrogen) atoms. The summed E-state index contributed by atoms with van der Waals surface area (Å²) in [4.78, 5) is 27.6. The van der Waals surface area contributed by atoms with Crippen LogP contribution in [0.4, 0.5) is 0 Å². The van der Waals surface area contributed by atoms with Crippen molar-refractivity contribution in [1.29, 1.82) is 0 Å². The zero-order valence-corrected chi connectivity index (χ0v) is 13.4. The van der Waals surface area contributed by atoms with Gasteiger partial charge in [0.05, 0.1) is 39.7 Å². The van der Waals surface area contributed by atoms with Crippen molar-refractivity contribution in [1.82, 2.24) is 4.90 Å². The minimum absolute atomic E-state index is 0.0304. The Hall–Kier alpha value is -2.80. The van der Waals surface area contributed by atoms with Gasteiger partial charge in [-0.3, -0.25) is 9.59 Å². The number of amides is 1. The van der Waals surface area contributed by atoms with E-state index in [9.17, 15) is 14.7 Å². The maximum absolute atomic E-state index is 12.7. The van der Waals surface area contributed by atoms with Crippen molar-refractivity contribution in [2.45, 2.75) is 6.04 Å². The van der Waals surface area contributed by atoms with Crippen LogP contribution in [0.1, 0.15) is 22.4 Å². The summed E-state index contributed by atoms with van der Waals surface area (Å²) in [6.07, 6.45) is 2.80. The van der Waals surface area contributed by atoms with Gasteiger partial charge in [-0.05, 0) is 30.0 Å². The topological polar surface area (TPSA) is 91.2 Å². The summed E-state index contributed by atoms with van der Waals surface area (Å²) in [6, 6.07) is 5.52. The number of carbonyl (C=O) groups excluding carboxylic acids is 2. The van der Waals surface area contributed by atoms with Crippen molar-refractivity contribution >= 4 is 11.7 Å². The molecule has 1 aliphatic heterocycles. The second kappa shape index (κ2) is 6.37. The molecule has 0 saturated carbocycles. The first-order valence-corrected chi connectivity index (χ1v) is 7.63. The summed E-state index contributed by atoms with van der Waals surface area (Å²) in [5.74, 6) is -1.65. The summed E-state index contributed by atoms with van der Waals surface area (Å²) >= 11 is 0. The van der Waals surface area contributed by atoms with Gasteiger partial charge in [-0.25, -0.2) is 0 Å². The van der Waals surface area contributed by atoms with Gasteiger partial charge in [-0.15, -0.1) is 0 Å². The van der Waals surface area contributed by atoms with Crippen molar-refractivity contribution in [3.8, 4) is 0 Å². The molecule has 1 aliphatic rings. The molecule has 0 aliphatic carbocycles. The Balaban J connectivity index is 2.01. The second-order valence-electron chi connectivity index (χ2n) is 5.92. The van der Waals surface area contributed by atoms with Crippen molar-refractivity contribution in [2.24, 2.45) is 0 Å². The predicted octanol–water partition coefficient (Wildman–Crippen LogP) is -0.602. The number of furan rings is 2. The highest BCUT2D eigenvalue weighted by molar-refractivity contribution is 6.14. The molecule has 3 heterocycles. The number of likely N-dealkylation sites (N-methyl/N-ethyl adjacent to an activating group) is 1. The molecule has 1 N–H and O–H groups in total. The van der Waals surface area contributed by atoms with Gasteiger partial charge in [0.25, 0.3) is 0 Å². The van der Waals surface area contributed by atoms with E-state index >= 15 is 0 Å². The second-order valence-corrected chi connectivity index (χ2v) is 5.92. The highest BCUT2D eigenvalue weighted by Gasteiger charge is 2.41. The van der Waals surface area contributed by atoms with Gasteiger partial charge in [-0.1, -0.05) is 0 Å². The Morgan fingerprint density at radius 1 is 1.25 bits per heavy atom. The van der Waals surface area contributed by atoms with E-state index in [0.717, 1.165) is 4.90 Å². The number of hydrogen-bond acceptors (Lipinski definition) is 5. The number of Topliss-reactive ketones (excluding diaryl/α,β-unsaturated/α-hetero) is 1. The molecule has 0 radical (unpaired) electrons. The van der Waals surface area contributed by atoms with Crippen LogP contribution >= 0.6 is 0 Å². The first-order chi connectivity index (χ1) is 11.5. The fourth-order valence-electron chi connectivity index (χ4n) is 2.73. The van der Waals surface area contributed by atoms with Gasteiger partial charge in [0.1, 0.15) is 11.8 Å². The van der Waals surface area contributed by atoms with Crippen molar-refractivity contribution < 1.29 is 28.4 Å². The van der Waals surface area contributed by atoms with E-state index in [4.69, 9.17) is 8.83 Å². The average molecular weight is 330 g/mol. The van der Waals surface area contributed by atoms with Crippen LogP contribution in [0, 0.1) is 0 Å². The van der Waals surface area contributed by atoms with Crippen molar-refractivity contribution in [3.63, 3.8) is 0 Å². The lowest BCUT2D eigenvalue weighted by Gasteiger charge is -2.25. The summed E-state index contributed by atoms with van der Waals surface area (Å²) < 4.78 is 10.5. The van der Waals surface area contributed by atoms with Crippen LogP contribution in [0.5, 0.6) is 0 Å². The number of hydrogen-bond donors (Lipinski definition) is 1. The number of nitrogens with one attached hydrogen (secondary N) is 1. The standard InChI is InChI=1S/C17H18N2O5/c1-18(2)7-8-19-14(11-5-3-9-23-11)13(16(21)17(19)22)15(20)12-6-4-10-24-12/h3-6,9-10,14,21H,7-8H2,1-2H3. The van der Waals surface area contributed by atoms with Gasteiger partial charge >= 0.3 is 0 Å². The number of carbonyl (C=O) groups is 2. The number of quaternary nitrogens is 1. The molecule has 3 rings (SSSR count). The lowest BCUT2D eigenvalue weighted by molar-refractivity contribution is -0.857. The van der Waals surface area contributed by atoms with Crippen LogP contribution in [-0.4, -0.2) is 43.8 Å². The fourth-order valence-corrected chi connectivity index (χ4v) is 2.73. The minimum atomic E-state index is -0.822. The Morgan fingerprint density at radius 3 is 2.54 bits per heavy atom. The Morgan fingerprint density at radius 2 is 1.96 bits per heavy atom. The zero-order chi connectivity index (χ0) is 17.3. The molecule has 0 aromatic carbocycles. The minimum Gasteiger partial charge on any atom is -0.868 e. The Bertz CT molecular complexity index is 759. The van der Waals surface area contributed by atoms with E-state index in [1.165, 1.54) is 23.5 Å². The van der Waals surface area contributed by atoms with Crippen LogP contribution < -0.4 is 10.0 Å². The molecule has 7 heteroatoms. The Kier molecular flexibility index (Phi) is 4.26. The highest BCUT2D eigenvalue weighted by atomic mass is 16.3. The molecule has 1 unspecified atom stereocenters. The van der Waals surface area contributed by atoms with Crippen LogP contribution in [-0.2, 0) is 4.79 Å². The molecule has 126 valence electrons. The van der Waals surface area contributed by atoms with E-state index in [1.807, 2.05) is 14.1 Å². The van der Waals surface area contributed by atoms with E-state index in [-0.39, 0.29) is 11.3 Å². The van der Waals surface area contributed by atoms with Crippen LogP contribution in [0.25, 0.3) is 0 Å². The van der Waals surface area contributed by atoms with Gasteiger partial charge in [-0.2, -0.15) is 0 Å². The first kappa shape index (κ1) is 16.1. The summed E-state index contributed by atoms with van der Waals surface area (Å²) in [7, 11) is 3.89. The highest BCUT2D eigenvalue weighted by Crippen LogP contribution is 2.37. The van der Waals surface area contributed by atoms with Crippen LogP contribution in [0.2, 0.25) is 0 Å². The molecule has 1 atom stereocenters. The number of rotatable bonds is 6. The van der Waals surface area contributed by atoms with Crippen LogP contribution in [0.15, 0.2) is 57.0 Å². The number of ketones is 1. The molecule has 2 aromatic rings. The quantitative estimate of drug-likeness (QED) is 0.714. The van der Waals surface area contributed by atoms with Crippen molar-refractivity contribution in [3.05, 3.63) is 59.6 Å². The van der Waals surface area contributed by atoms with E-state index in [0.29, 0.717) is 18.8 Å². The maximum atomic E-state index is 12.7. The first-order valence-electron chi connectivity index (χ1n) is 7.63. The molecular formula is C17H18N2O5. The molecule has 0 saturated heterocycles. The van der Waals surface area contributed by atoms with E-state index < -0.39 is 23.5 Å². The SMILES string of the molecule is C[NH+](C)CCN1C(=O)C([O-])=C(C(=O)c2ccco2)C1c1ccco1. The molecule has 2 aromatic heterocycles. The normalized spacial score (nSPS) is 18.0. The molecule has 0 bridgehead atoms. The molecule has 0 fully saturated rings. The Labute approximate surface area is 138 Å². The molecular weight excluding hydrogens is 312 g/mol. The lowest BCUT2D eigenvalue weighted by atomic mass is 10.00. The molecule has 0 spiro atoms. The smallest absolute Gasteiger partial charge is 0.240 e. The summed E-state index contributed by atoms with van der Waals surface area (Å²) in [5.41, 5.74) is -0.126. The maximum Gasteiger partial charge on any atom is 0.240 e. The fraction of sp³-hybridized carbons (Fsp3) is 0.294. The van der Waals surface area contributed by atoms with Crippen molar-refractivity contribution in [2.75, 3.05) is 27.2 Å². The lowest BCUT2D eigenvalue weighted by Crippen LogP contribution is -3.06. The third-order valence-corrected chi connectivity index (χ3v) is 3.94. The summed E-state index contributed by atoms with van der Waals surface area (Å²) in [5, 5.41) is 12.5. The van der Waals surface area contributed by atoms with E-state index in [1.54, 1.807) is 18.2 Å². The summed E-state index contributed by atoms with van der Waals surface area (Å²) in [6.45, 7) is 0.978. The monoisotopic (exact) mass is 330 g/mol. The van der Waals surface area contributed by atoms with Gasteiger partial charge in [0, 0.05) is 5.57 Å². The zero-order valence-electron chi connectivity index (χ0n) is 13.4. The van der Waals surface area contributed by atoms with Gasteiger partial charge in [0.2, 0.25) is 11.7 Å². The van der Waals surface area contributed by atoms with Crippen LogP contribution in [0.3, 0.4) is 0 Å². The predicted molar refractivity (Wildman–Crippen MR) is 80.9 cm³/mol.